The Balaban J connectivity index is 2.49. The number of ether oxygens (including phenoxy) is 1. The molecule has 0 radical (unpaired) electrons. The van der Waals surface area contributed by atoms with Crippen LogP contribution in [-0.4, -0.2) is 107 Å². The van der Waals surface area contributed by atoms with Gasteiger partial charge in [0.1, 0.15) is 16.7 Å². The lowest BCUT2D eigenvalue weighted by atomic mass is 9.92. The van der Waals surface area contributed by atoms with Gasteiger partial charge in [-0.25, -0.2) is 4.98 Å². The standard InChI is InChI=1S/C40H62N6O8S/c1-10-12-18-41-34(48)23-46(39(51)36(26(5)11-2)44-35(49)22-45(8)9)32(25(3)4)21-33(54-28(7)47)38-43-31(24-55-38)37(50)42-30(19-27(6)40(52)53)20-29-16-14-13-15-17-29/h13-17,24-27,30,32-33,36H,10-12,18-23H2,1-9H3,(H,41,48)(H,42,50)(H,44,49)(H,52,53)/t26-,27-,30+,32+,33+,36-/m0/s1. The average Bonchev–Trinajstić information content (AvgIpc) is 3.61. The van der Waals surface area contributed by atoms with Gasteiger partial charge in [0.05, 0.1) is 19.0 Å². The van der Waals surface area contributed by atoms with Crippen molar-refractivity contribution in [1.29, 1.82) is 0 Å². The number of likely N-dealkylation sites (N-methyl/N-ethyl adjacent to an activating group) is 1. The van der Waals surface area contributed by atoms with Gasteiger partial charge in [-0.15, -0.1) is 11.3 Å². The minimum absolute atomic E-state index is 0.0609. The minimum Gasteiger partial charge on any atom is -0.481 e. The van der Waals surface area contributed by atoms with Crippen molar-refractivity contribution < 1.29 is 38.6 Å². The molecule has 14 nitrogen and oxygen atoms in total. The molecule has 0 unspecified atom stereocenters. The van der Waals surface area contributed by atoms with Crippen molar-refractivity contribution >= 4 is 46.9 Å². The predicted molar refractivity (Wildman–Crippen MR) is 212 cm³/mol. The molecule has 0 aliphatic carbocycles. The number of hydrogen-bond donors (Lipinski definition) is 4. The summed E-state index contributed by atoms with van der Waals surface area (Å²) in [6, 6.07) is 7.37. The summed E-state index contributed by atoms with van der Waals surface area (Å²) in [5.41, 5.74) is 1.01. The molecule has 2 aromatic rings. The summed E-state index contributed by atoms with van der Waals surface area (Å²) >= 11 is 1.12. The number of carbonyl (C=O) groups excluding carboxylic acids is 5. The third-order valence-corrected chi connectivity index (χ3v) is 10.3. The number of aliphatic carboxylic acids is 1. The van der Waals surface area contributed by atoms with Gasteiger partial charge in [-0.2, -0.15) is 0 Å². The zero-order valence-corrected chi connectivity index (χ0v) is 34.7. The SMILES string of the molecule is CCCCNC(=O)CN(C(=O)[C@@H](NC(=O)CN(C)C)[C@@H](C)CC)[C@H](C[C@@H](OC(C)=O)c1nc(C(=O)N[C@@H](Cc2ccccc2)C[C@H](C)C(=O)O)cs1)C(C)C. The molecule has 306 valence electrons. The lowest BCUT2D eigenvalue weighted by Gasteiger charge is -2.39. The lowest BCUT2D eigenvalue weighted by Crippen LogP contribution is -2.58. The van der Waals surface area contributed by atoms with Gasteiger partial charge in [0.15, 0.2) is 6.10 Å². The normalized spacial score (nSPS) is 14.6. The van der Waals surface area contributed by atoms with E-state index in [4.69, 9.17) is 4.74 Å². The third kappa shape index (κ3) is 16.1. The highest BCUT2D eigenvalue weighted by Gasteiger charge is 2.38. The molecule has 2 rings (SSSR count). The van der Waals surface area contributed by atoms with Gasteiger partial charge in [-0.1, -0.05) is 84.7 Å². The molecule has 0 spiro atoms. The zero-order valence-electron chi connectivity index (χ0n) is 33.9. The van der Waals surface area contributed by atoms with E-state index in [1.54, 1.807) is 31.3 Å². The maximum absolute atomic E-state index is 14.6. The van der Waals surface area contributed by atoms with Gasteiger partial charge in [0.25, 0.3) is 5.91 Å². The molecule has 6 atom stereocenters. The fraction of sp³-hybridized carbons (Fsp3) is 0.625. The first kappa shape index (κ1) is 46.8. The highest BCUT2D eigenvalue weighted by Crippen LogP contribution is 2.31. The van der Waals surface area contributed by atoms with Crippen LogP contribution in [0.2, 0.25) is 0 Å². The molecule has 15 heteroatoms. The largest absolute Gasteiger partial charge is 0.481 e. The molecule has 1 aromatic heterocycles. The van der Waals surface area contributed by atoms with E-state index in [2.05, 4.69) is 20.9 Å². The molecule has 1 heterocycles. The Morgan fingerprint density at radius 3 is 2.16 bits per heavy atom. The van der Waals surface area contributed by atoms with Crippen LogP contribution in [-0.2, 0) is 35.1 Å². The van der Waals surface area contributed by atoms with Crippen LogP contribution in [0.25, 0.3) is 0 Å². The molecule has 0 saturated carbocycles. The molecule has 1 aromatic carbocycles. The second-order valence-electron chi connectivity index (χ2n) is 14.9. The molecular weight excluding hydrogens is 725 g/mol. The topological polar surface area (TPSA) is 187 Å². The number of thiazole rings is 1. The highest BCUT2D eigenvalue weighted by molar-refractivity contribution is 7.09. The number of carboxylic acids is 1. The van der Waals surface area contributed by atoms with Gasteiger partial charge in [-0.05, 0) is 50.8 Å². The minimum atomic E-state index is -0.979. The fourth-order valence-corrected chi connectivity index (χ4v) is 6.98. The van der Waals surface area contributed by atoms with Crippen LogP contribution in [0.3, 0.4) is 0 Å². The highest BCUT2D eigenvalue weighted by atomic mass is 32.1. The van der Waals surface area contributed by atoms with Crippen LogP contribution in [0.5, 0.6) is 0 Å². The number of aromatic nitrogens is 1. The molecule has 0 saturated heterocycles. The lowest BCUT2D eigenvalue weighted by molar-refractivity contribution is -0.150. The summed E-state index contributed by atoms with van der Waals surface area (Å²) in [5.74, 6) is -4.38. The van der Waals surface area contributed by atoms with Crippen molar-refractivity contribution in [3.63, 3.8) is 0 Å². The van der Waals surface area contributed by atoms with E-state index in [1.807, 2.05) is 65.0 Å². The fourth-order valence-electron chi connectivity index (χ4n) is 6.14. The van der Waals surface area contributed by atoms with Crippen molar-refractivity contribution in [1.82, 2.24) is 30.7 Å². The van der Waals surface area contributed by atoms with Crippen LogP contribution in [0.4, 0.5) is 0 Å². The Hall–Kier alpha value is -4.37. The first-order chi connectivity index (χ1) is 26.0. The average molecular weight is 787 g/mol. The van der Waals surface area contributed by atoms with Crippen molar-refractivity contribution in [2.75, 3.05) is 33.7 Å². The molecule has 0 aliphatic heterocycles. The number of esters is 1. The number of benzene rings is 1. The summed E-state index contributed by atoms with van der Waals surface area (Å²) < 4.78 is 5.80. The van der Waals surface area contributed by atoms with Crippen LogP contribution < -0.4 is 16.0 Å². The Morgan fingerprint density at radius 2 is 1.60 bits per heavy atom. The molecule has 0 fully saturated rings. The second kappa shape index (κ2) is 23.5. The Kier molecular flexibility index (Phi) is 20.0. The van der Waals surface area contributed by atoms with E-state index >= 15 is 0 Å². The molecule has 0 bridgehead atoms. The summed E-state index contributed by atoms with van der Waals surface area (Å²) in [6.45, 7) is 12.7. The number of amides is 4. The van der Waals surface area contributed by atoms with Crippen LogP contribution >= 0.6 is 11.3 Å². The Bertz CT molecular complexity index is 1550. The maximum atomic E-state index is 14.6. The number of carbonyl (C=O) groups is 6. The number of rotatable bonds is 24. The monoisotopic (exact) mass is 786 g/mol. The van der Waals surface area contributed by atoms with Gasteiger partial charge in [0, 0.05) is 37.4 Å². The summed E-state index contributed by atoms with van der Waals surface area (Å²) in [4.78, 5) is 86.4. The van der Waals surface area contributed by atoms with Crippen molar-refractivity contribution in [3.8, 4) is 0 Å². The van der Waals surface area contributed by atoms with Crippen LogP contribution in [0, 0.1) is 17.8 Å². The number of nitrogens with zero attached hydrogens (tertiary/aromatic N) is 3. The quantitative estimate of drug-likeness (QED) is 0.0875. The van der Waals surface area contributed by atoms with Crippen molar-refractivity contribution in [2.24, 2.45) is 17.8 Å². The number of hydrogen-bond acceptors (Lipinski definition) is 10. The van der Waals surface area contributed by atoms with E-state index < -0.39 is 53.9 Å². The van der Waals surface area contributed by atoms with Gasteiger partial charge in [0.2, 0.25) is 17.7 Å². The molecular formula is C40H62N6O8S. The van der Waals surface area contributed by atoms with E-state index in [9.17, 15) is 33.9 Å². The Morgan fingerprint density at radius 1 is 0.927 bits per heavy atom. The molecule has 0 aliphatic rings. The Labute approximate surface area is 330 Å². The maximum Gasteiger partial charge on any atom is 0.306 e. The molecule has 55 heavy (non-hydrogen) atoms. The first-order valence-corrected chi connectivity index (χ1v) is 20.1. The van der Waals surface area contributed by atoms with E-state index in [1.165, 1.54) is 11.8 Å². The second-order valence-corrected chi connectivity index (χ2v) is 15.8. The zero-order chi connectivity index (χ0) is 41.2. The number of nitrogens with one attached hydrogen (secondary N) is 3. The number of unbranched alkanes of at least 4 members (excludes halogenated alkanes) is 1. The van der Waals surface area contributed by atoms with E-state index in [-0.39, 0.29) is 55.3 Å². The van der Waals surface area contributed by atoms with Crippen molar-refractivity contribution in [2.45, 2.75) is 111 Å². The van der Waals surface area contributed by atoms with Gasteiger partial charge < -0.3 is 35.6 Å². The van der Waals surface area contributed by atoms with E-state index in [0.717, 1.165) is 29.7 Å². The van der Waals surface area contributed by atoms with Gasteiger partial charge in [-0.3, -0.25) is 28.8 Å². The first-order valence-electron chi connectivity index (χ1n) is 19.2. The van der Waals surface area contributed by atoms with Crippen LogP contribution in [0.15, 0.2) is 35.7 Å². The molecule has 4 amide bonds. The summed E-state index contributed by atoms with van der Waals surface area (Å²) in [7, 11) is 3.51. The third-order valence-electron chi connectivity index (χ3n) is 9.39. The smallest absolute Gasteiger partial charge is 0.306 e. The molecule has 4 N–H and O–H groups in total. The summed E-state index contributed by atoms with van der Waals surface area (Å²) in [6.07, 6.45) is 1.92. The predicted octanol–water partition coefficient (Wildman–Crippen LogP) is 4.45. The van der Waals surface area contributed by atoms with Crippen LogP contribution in [0.1, 0.15) is 108 Å². The van der Waals surface area contributed by atoms with E-state index in [0.29, 0.717) is 24.4 Å². The number of carboxylic acid groups (broad SMARTS) is 1. The summed E-state index contributed by atoms with van der Waals surface area (Å²) in [5, 5.41) is 20.2. The van der Waals surface area contributed by atoms with Crippen molar-refractivity contribution in [3.05, 3.63) is 52.0 Å². The van der Waals surface area contributed by atoms with Gasteiger partial charge >= 0.3 is 11.9 Å².